The fourth-order valence-corrected chi connectivity index (χ4v) is 3.46. The number of hydrogen-bond acceptors (Lipinski definition) is 4. The smallest absolute Gasteiger partial charge is 0.313 e. The highest BCUT2D eigenvalue weighted by Crippen LogP contribution is 2.34. The van der Waals surface area contributed by atoms with Crippen molar-refractivity contribution in [1.82, 2.24) is 9.88 Å². The number of piperidine rings is 1. The summed E-state index contributed by atoms with van der Waals surface area (Å²) >= 11 is 0. The van der Waals surface area contributed by atoms with Crippen molar-refractivity contribution in [3.05, 3.63) is 53.0 Å². The van der Waals surface area contributed by atoms with Gasteiger partial charge in [-0.05, 0) is 55.0 Å². The summed E-state index contributed by atoms with van der Waals surface area (Å²) < 4.78 is 40.7. The van der Waals surface area contributed by atoms with Crippen molar-refractivity contribution in [2.75, 3.05) is 17.6 Å². The number of nitrogens with two attached hydrogens (primary N) is 1. The fourth-order valence-electron chi connectivity index (χ4n) is 3.46. The lowest BCUT2D eigenvalue weighted by Crippen LogP contribution is -2.46. The number of nitrogen functional groups attached to an aromatic ring is 1. The zero-order chi connectivity index (χ0) is 21.3. The van der Waals surface area contributed by atoms with Gasteiger partial charge in [-0.3, -0.25) is 9.59 Å². The van der Waals surface area contributed by atoms with Crippen LogP contribution in [0.1, 0.15) is 36.9 Å². The highest BCUT2D eigenvalue weighted by molar-refractivity contribution is 6.39. The Labute approximate surface area is 165 Å². The van der Waals surface area contributed by atoms with Crippen LogP contribution >= 0.6 is 0 Å². The minimum atomic E-state index is -1.57. The van der Waals surface area contributed by atoms with E-state index in [4.69, 9.17) is 5.73 Å². The Morgan fingerprint density at radius 2 is 1.83 bits per heavy atom. The maximum absolute atomic E-state index is 13.7. The summed E-state index contributed by atoms with van der Waals surface area (Å²) in [6.07, 6.45) is 2.42. The number of nitrogens with zero attached hydrogens (tertiary/aromatic N) is 2. The Morgan fingerprint density at radius 3 is 2.45 bits per heavy atom. The summed E-state index contributed by atoms with van der Waals surface area (Å²) in [7, 11) is 0. The molecule has 1 aromatic heterocycles. The molecule has 2 aromatic rings. The molecule has 9 heteroatoms. The van der Waals surface area contributed by atoms with Crippen LogP contribution in [0.3, 0.4) is 0 Å². The second-order valence-corrected chi connectivity index (χ2v) is 7.33. The zero-order valence-electron chi connectivity index (χ0n) is 16.0. The molecule has 3 N–H and O–H groups in total. The van der Waals surface area contributed by atoms with E-state index in [9.17, 15) is 22.8 Å². The van der Waals surface area contributed by atoms with Gasteiger partial charge in [0.2, 0.25) is 0 Å². The molecule has 154 valence electrons. The van der Waals surface area contributed by atoms with E-state index in [1.165, 1.54) is 11.1 Å². The highest BCUT2D eigenvalue weighted by atomic mass is 19.2. The predicted molar refractivity (Wildman–Crippen MR) is 101 cm³/mol. The monoisotopic (exact) mass is 406 g/mol. The van der Waals surface area contributed by atoms with Crippen LogP contribution in [0.25, 0.3) is 0 Å². The van der Waals surface area contributed by atoms with Gasteiger partial charge in [0.15, 0.2) is 17.5 Å². The van der Waals surface area contributed by atoms with E-state index < -0.39 is 35.3 Å². The Balaban J connectivity index is 1.85. The van der Waals surface area contributed by atoms with Crippen molar-refractivity contribution in [2.45, 2.75) is 32.7 Å². The van der Waals surface area contributed by atoms with Crippen LogP contribution in [0, 0.1) is 30.3 Å². The molecule has 3 rings (SSSR count). The van der Waals surface area contributed by atoms with Crippen LogP contribution in [-0.2, 0) is 9.59 Å². The standard InChI is InChI=1S/C20H21F3N4O2/c1-10-3-4-16(12-6-14(21)17(23)15(22)7-12)27(9-10)20(29)19(28)26-13-5-11(2)18(24)25-8-13/h5-8,10,16H,3-4,9H2,1-2H3,(H2,24,25)(H,26,28)/t10-,16+/m1/s1. The first-order chi connectivity index (χ1) is 13.7. The number of benzene rings is 1. The summed E-state index contributed by atoms with van der Waals surface area (Å²) in [5, 5.41) is 2.47. The SMILES string of the molecule is Cc1cc(NC(=O)C(=O)N2C[C@H](C)CC[C@H]2c2cc(F)c(F)c(F)c2)cnc1N. The average Bonchev–Trinajstić information content (AvgIpc) is 2.67. The van der Waals surface area contributed by atoms with Crippen LogP contribution in [-0.4, -0.2) is 28.2 Å². The van der Waals surface area contributed by atoms with E-state index in [-0.39, 0.29) is 18.0 Å². The van der Waals surface area contributed by atoms with Crippen molar-refractivity contribution >= 4 is 23.3 Å². The summed E-state index contributed by atoms with van der Waals surface area (Å²) in [5.41, 5.74) is 6.69. The average molecular weight is 406 g/mol. The summed E-state index contributed by atoms with van der Waals surface area (Å²) in [4.78, 5) is 30.5. The number of rotatable bonds is 2. The van der Waals surface area contributed by atoms with Crippen molar-refractivity contribution in [3.8, 4) is 0 Å². The molecule has 1 saturated heterocycles. The number of nitrogens with one attached hydrogen (secondary N) is 1. The highest BCUT2D eigenvalue weighted by Gasteiger charge is 2.35. The molecule has 0 bridgehead atoms. The molecule has 0 spiro atoms. The maximum Gasteiger partial charge on any atom is 0.313 e. The van der Waals surface area contributed by atoms with Crippen molar-refractivity contribution in [3.63, 3.8) is 0 Å². The van der Waals surface area contributed by atoms with Crippen LogP contribution in [0.4, 0.5) is 24.7 Å². The van der Waals surface area contributed by atoms with Gasteiger partial charge in [-0.2, -0.15) is 0 Å². The zero-order valence-corrected chi connectivity index (χ0v) is 16.0. The van der Waals surface area contributed by atoms with Gasteiger partial charge in [-0.25, -0.2) is 18.2 Å². The largest absolute Gasteiger partial charge is 0.383 e. The molecule has 1 aromatic carbocycles. The molecule has 0 unspecified atom stereocenters. The van der Waals surface area contributed by atoms with Crippen molar-refractivity contribution < 1.29 is 22.8 Å². The number of anilines is 2. The summed E-state index contributed by atoms with van der Waals surface area (Å²) in [6, 6.07) is 2.57. The first-order valence-corrected chi connectivity index (χ1v) is 9.16. The van der Waals surface area contributed by atoms with Gasteiger partial charge >= 0.3 is 11.8 Å². The number of pyridine rings is 1. The lowest BCUT2D eigenvalue weighted by atomic mass is 9.89. The molecular weight excluding hydrogens is 385 g/mol. The van der Waals surface area contributed by atoms with Gasteiger partial charge < -0.3 is 16.0 Å². The van der Waals surface area contributed by atoms with Gasteiger partial charge in [0.05, 0.1) is 17.9 Å². The molecule has 0 radical (unpaired) electrons. The third-order valence-corrected chi connectivity index (χ3v) is 5.04. The number of halogens is 3. The molecule has 29 heavy (non-hydrogen) atoms. The second-order valence-electron chi connectivity index (χ2n) is 7.33. The van der Waals surface area contributed by atoms with Gasteiger partial charge in [-0.15, -0.1) is 0 Å². The molecule has 6 nitrogen and oxygen atoms in total. The first-order valence-electron chi connectivity index (χ1n) is 9.16. The Bertz CT molecular complexity index is 944. The Kier molecular flexibility index (Phi) is 5.76. The van der Waals surface area contributed by atoms with Gasteiger partial charge in [-0.1, -0.05) is 6.92 Å². The predicted octanol–water partition coefficient (Wildman–Crippen LogP) is 3.33. The Morgan fingerprint density at radius 1 is 1.17 bits per heavy atom. The van der Waals surface area contributed by atoms with Gasteiger partial charge in [0.1, 0.15) is 5.82 Å². The number of aromatic nitrogens is 1. The summed E-state index contributed by atoms with van der Waals surface area (Å²) in [5.74, 6) is -5.59. The fraction of sp³-hybridized carbons (Fsp3) is 0.350. The van der Waals surface area contributed by atoms with Crippen molar-refractivity contribution in [2.24, 2.45) is 5.92 Å². The number of hydrogen-bond donors (Lipinski definition) is 2. The van der Waals surface area contributed by atoms with Crippen LogP contribution in [0.5, 0.6) is 0 Å². The minimum Gasteiger partial charge on any atom is -0.383 e. The number of carbonyl (C=O) groups excluding carboxylic acids is 2. The quantitative estimate of drug-likeness (QED) is 0.592. The van der Waals surface area contributed by atoms with E-state index in [1.807, 2.05) is 6.92 Å². The first kappa shape index (κ1) is 20.6. The minimum absolute atomic E-state index is 0.0959. The van der Waals surface area contributed by atoms with E-state index in [2.05, 4.69) is 10.3 Å². The van der Waals surface area contributed by atoms with Crippen LogP contribution < -0.4 is 11.1 Å². The lowest BCUT2D eigenvalue weighted by molar-refractivity contribution is -0.146. The van der Waals surface area contributed by atoms with E-state index in [0.29, 0.717) is 29.9 Å². The topological polar surface area (TPSA) is 88.3 Å². The molecular formula is C20H21F3N4O2. The third-order valence-electron chi connectivity index (χ3n) is 5.04. The van der Waals surface area contributed by atoms with Gasteiger partial charge in [0.25, 0.3) is 0 Å². The molecule has 2 atom stereocenters. The lowest BCUT2D eigenvalue weighted by Gasteiger charge is -2.38. The number of aryl methyl sites for hydroxylation is 1. The van der Waals surface area contributed by atoms with Crippen LogP contribution in [0.15, 0.2) is 24.4 Å². The molecule has 0 saturated carbocycles. The van der Waals surface area contributed by atoms with Crippen LogP contribution in [0.2, 0.25) is 0 Å². The third kappa shape index (κ3) is 4.33. The number of likely N-dealkylation sites (tertiary alicyclic amines) is 1. The molecule has 0 aliphatic carbocycles. The van der Waals surface area contributed by atoms with E-state index in [0.717, 1.165) is 12.1 Å². The number of amides is 2. The molecule has 2 heterocycles. The van der Waals surface area contributed by atoms with Gasteiger partial charge in [0, 0.05) is 6.54 Å². The molecule has 2 amide bonds. The van der Waals surface area contributed by atoms with E-state index >= 15 is 0 Å². The molecule has 1 aliphatic heterocycles. The number of carbonyl (C=O) groups is 2. The second kappa shape index (κ2) is 8.10. The molecule has 1 aliphatic rings. The summed E-state index contributed by atoms with van der Waals surface area (Å²) in [6.45, 7) is 3.85. The Hall–Kier alpha value is -3.10. The molecule has 1 fully saturated rings. The normalized spacial score (nSPS) is 19.1. The van der Waals surface area contributed by atoms with Crippen molar-refractivity contribution in [1.29, 1.82) is 0 Å². The van der Waals surface area contributed by atoms with E-state index in [1.54, 1.807) is 13.0 Å². The maximum atomic E-state index is 13.7.